The molecular formula is C11H6FIrN2-. The monoisotopic (exact) mass is 378 g/mol. The first-order valence-electron chi connectivity index (χ1n) is 4.28. The zero-order chi connectivity index (χ0) is 9.54. The van der Waals surface area contributed by atoms with Crippen molar-refractivity contribution in [1.82, 2.24) is 9.38 Å². The van der Waals surface area contributed by atoms with Crippen LogP contribution in [0.1, 0.15) is 0 Å². The van der Waals surface area contributed by atoms with Crippen LogP contribution in [0.25, 0.3) is 16.4 Å². The van der Waals surface area contributed by atoms with Crippen molar-refractivity contribution in [2.75, 3.05) is 0 Å². The zero-order valence-electron chi connectivity index (χ0n) is 7.57. The Hall–Kier alpha value is -1.25. The summed E-state index contributed by atoms with van der Waals surface area (Å²) in [5.41, 5.74) is 0.738. The van der Waals surface area contributed by atoms with Gasteiger partial charge in [0.2, 0.25) is 0 Å². The Balaban J connectivity index is 0.000000853. The molecule has 0 spiro atoms. The number of nitrogens with zero attached hydrogens (tertiary/aromatic N) is 2. The van der Waals surface area contributed by atoms with E-state index in [0.29, 0.717) is 5.39 Å². The zero-order valence-corrected chi connectivity index (χ0v) is 9.96. The molecule has 0 saturated carbocycles. The molecule has 3 rings (SSSR count). The summed E-state index contributed by atoms with van der Waals surface area (Å²) >= 11 is 0. The van der Waals surface area contributed by atoms with E-state index in [9.17, 15) is 4.39 Å². The molecule has 4 heteroatoms. The molecule has 2 aromatic heterocycles. The van der Waals surface area contributed by atoms with Crippen LogP contribution in [-0.4, -0.2) is 9.38 Å². The number of hydrogen-bond acceptors (Lipinski definition) is 1. The molecule has 1 aromatic carbocycles. The topological polar surface area (TPSA) is 17.3 Å². The number of imidazole rings is 1. The first kappa shape index (κ1) is 10.3. The Morgan fingerprint density at radius 3 is 3.13 bits per heavy atom. The van der Waals surface area contributed by atoms with E-state index in [-0.39, 0.29) is 25.9 Å². The van der Waals surface area contributed by atoms with Crippen molar-refractivity contribution in [3.63, 3.8) is 0 Å². The number of pyridine rings is 1. The summed E-state index contributed by atoms with van der Waals surface area (Å²) in [6, 6.07) is 8.26. The third-order valence-electron chi connectivity index (χ3n) is 2.26. The SMILES string of the molecule is Fc1cn2ccnc2c2[c-]cccc12.[Ir]. The van der Waals surface area contributed by atoms with Gasteiger partial charge in [-0.05, 0) is 0 Å². The molecule has 2 heterocycles. The molecule has 0 aliphatic heterocycles. The first-order chi connectivity index (χ1) is 6.86. The van der Waals surface area contributed by atoms with E-state index < -0.39 is 0 Å². The summed E-state index contributed by atoms with van der Waals surface area (Å²) in [4.78, 5) is 4.15. The molecular weight excluding hydrogens is 371 g/mol. The van der Waals surface area contributed by atoms with E-state index in [1.54, 1.807) is 35.0 Å². The second-order valence-corrected chi connectivity index (χ2v) is 3.09. The van der Waals surface area contributed by atoms with Crippen LogP contribution in [0.2, 0.25) is 0 Å². The van der Waals surface area contributed by atoms with E-state index in [4.69, 9.17) is 0 Å². The van der Waals surface area contributed by atoms with Crippen LogP contribution in [0, 0.1) is 11.9 Å². The van der Waals surface area contributed by atoms with Gasteiger partial charge in [0.25, 0.3) is 0 Å². The summed E-state index contributed by atoms with van der Waals surface area (Å²) in [6.45, 7) is 0. The Morgan fingerprint density at radius 1 is 1.40 bits per heavy atom. The molecule has 15 heavy (non-hydrogen) atoms. The van der Waals surface area contributed by atoms with Crippen molar-refractivity contribution in [1.29, 1.82) is 0 Å². The van der Waals surface area contributed by atoms with E-state index in [2.05, 4.69) is 11.1 Å². The summed E-state index contributed by atoms with van der Waals surface area (Å²) in [5, 5.41) is 1.28. The summed E-state index contributed by atoms with van der Waals surface area (Å²) in [5.74, 6) is -0.248. The Bertz CT molecular complexity index is 618. The molecule has 77 valence electrons. The van der Waals surface area contributed by atoms with Crippen molar-refractivity contribution in [3.05, 3.63) is 48.7 Å². The minimum atomic E-state index is -0.248. The average molecular weight is 377 g/mol. The van der Waals surface area contributed by atoms with Crippen LogP contribution in [0.4, 0.5) is 4.39 Å². The second-order valence-electron chi connectivity index (χ2n) is 3.09. The van der Waals surface area contributed by atoms with Crippen molar-refractivity contribution in [2.45, 2.75) is 0 Å². The number of halogens is 1. The fourth-order valence-corrected chi connectivity index (χ4v) is 1.62. The predicted molar refractivity (Wildman–Crippen MR) is 51.5 cm³/mol. The summed E-state index contributed by atoms with van der Waals surface area (Å²) in [7, 11) is 0. The van der Waals surface area contributed by atoms with Crippen molar-refractivity contribution < 1.29 is 24.5 Å². The van der Waals surface area contributed by atoms with Gasteiger partial charge in [-0.2, -0.15) is 0 Å². The van der Waals surface area contributed by atoms with Crippen LogP contribution >= 0.6 is 0 Å². The summed E-state index contributed by atoms with van der Waals surface area (Å²) in [6.07, 6.45) is 4.80. The van der Waals surface area contributed by atoms with E-state index >= 15 is 0 Å². The van der Waals surface area contributed by atoms with Crippen LogP contribution in [0.15, 0.2) is 36.8 Å². The third kappa shape index (κ3) is 1.46. The standard InChI is InChI=1S/C11H6FN2.Ir/c12-10-7-14-6-5-13-11(14)9-4-2-1-3-8(9)10;/h1-3,5-7H;/q-1;. The van der Waals surface area contributed by atoms with Gasteiger partial charge in [0.15, 0.2) is 0 Å². The molecule has 3 aromatic rings. The Kier molecular flexibility index (Phi) is 2.55. The molecule has 0 saturated heterocycles. The van der Waals surface area contributed by atoms with Crippen LogP contribution in [-0.2, 0) is 20.1 Å². The van der Waals surface area contributed by atoms with Gasteiger partial charge in [0, 0.05) is 38.7 Å². The van der Waals surface area contributed by atoms with Gasteiger partial charge in [-0.3, -0.25) is 4.98 Å². The van der Waals surface area contributed by atoms with Gasteiger partial charge in [-0.15, -0.1) is 24.3 Å². The quantitative estimate of drug-likeness (QED) is 0.550. The van der Waals surface area contributed by atoms with Crippen molar-refractivity contribution >= 4 is 16.4 Å². The Morgan fingerprint density at radius 2 is 2.27 bits per heavy atom. The van der Waals surface area contributed by atoms with E-state index in [1.807, 2.05) is 0 Å². The maximum absolute atomic E-state index is 13.5. The first-order valence-corrected chi connectivity index (χ1v) is 4.28. The minimum Gasteiger partial charge on any atom is -0.344 e. The molecule has 0 fully saturated rings. The van der Waals surface area contributed by atoms with Gasteiger partial charge in [0.05, 0.1) is 5.65 Å². The smallest absolute Gasteiger partial charge is 0.105 e. The minimum absolute atomic E-state index is 0. The van der Waals surface area contributed by atoms with E-state index in [0.717, 1.165) is 11.0 Å². The van der Waals surface area contributed by atoms with Crippen LogP contribution in [0.3, 0.4) is 0 Å². The number of rotatable bonds is 0. The normalized spacial score (nSPS) is 10.5. The van der Waals surface area contributed by atoms with Gasteiger partial charge in [0.1, 0.15) is 5.82 Å². The van der Waals surface area contributed by atoms with Crippen LogP contribution < -0.4 is 0 Å². The maximum atomic E-state index is 13.5. The average Bonchev–Trinajstić information content (AvgIpc) is 2.66. The fraction of sp³-hybridized carbons (Fsp3) is 0. The van der Waals surface area contributed by atoms with Gasteiger partial charge < -0.3 is 4.40 Å². The molecule has 0 N–H and O–H groups in total. The number of hydrogen-bond donors (Lipinski definition) is 0. The number of aromatic nitrogens is 2. The van der Waals surface area contributed by atoms with Gasteiger partial charge in [-0.25, -0.2) is 4.39 Å². The van der Waals surface area contributed by atoms with Crippen molar-refractivity contribution in [2.24, 2.45) is 0 Å². The maximum Gasteiger partial charge on any atom is 0.105 e. The van der Waals surface area contributed by atoms with Crippen LogP contribution in [0.5, 0.6) is 0 Å². The third-order valence-corrected chi connectivity index (χ3v) is 2.26. The molecule has 1 radical (unpaired) electrons. The molecule has 2 nitrogen and oxygen atoms in total. The molecule has 0 aliphatic rings. The molecule has 0 unspecified atom stereocenters. The van der Waals surface area contributed by atoms with E-state index in [1.165, 1.54) is 6.20 Å². The second kappa shape index (κ2) is 3.72. The molecule has 0 amide bonds. The fourth-order valence-electron chi connectivity index (χ4n) is 1.62. The molecule has 0 bridgehead atoms. The Labute approximate surface area is 99.1 Å². The van der Waals surface area contributed by atoms with Gasteiger partial charge in [-0.1, -0.05) is 10.8 Å². The number of benzene rings is 1. The molecule has 0 aliphatic carbocycles. The predicted octanol–water partition coefficient (Wildman–Crippen LogP) is 2.42. The number of fused-ring (bicyclic) bond motifs is 3. The summed E-state index contributed by atoms with van der Waals surface area (Å²) < 4.78 is 15.2. The van der Waals surface area contributed by atoms with Crippen molar-refractivity contribution in [3.8, 4) is 0 Å². The largest absolute Gasteiger partial charge is 0.344 e. The molecule has 0 atom stereocenters. The van der Waals surface area contributed by atoms with Gasteiger partial charge >= 0.3 is 0 Å².